The molecule has 0 fully saturated rings. The lowest BCUT2D eigenvalue weighted by Gasteiger charge is -2.11. The molecule has 0 unspecified atom stereocenters. The largest absolute Gasteiger partial charge is 0.450 e. The summed E-state index contributed by atoms with van der Waals surface area (Å²) in [6.45, 7) is 2.57. The van der Waals surface area contributed by atoms with E-state index in [1.807, 2.05) is 11.4 Å². The Balaban J connectivity index is 1.69. The van der Waals surface area contributed by atoms with Crippen LogP contribution in [0.5, 0.6) is 0 Å². The van der Waals surface area contributed by atoms with Crippen molar-refractivity contribution < 1.29 is 13.9 Å². The van der Waals surface area contributed by atoms with Crippen molar-refractivity contribution in [2.24, 2.45) is 0 Å². The van der Waals surface area contributed by atoms with Gasteiger partial charge in [-0.1, -0.05) is 0 Å². The van der Waals surface area contributed by atoms with Crippen molar-refractivity contribution in [1.29, 1.82) is 0 Å². The minimum absolute atomic E-state index is 0.245. The number of nitrogen functional groups attached to an aromatic ring is 1. The van der Waals surface area contributed by atoms with E-state index in [1.165, 1.54) is 6.07 Å². The van der Waals surface area contributed by atoms with Crippen molar-refractivity contribution >= 4 is 44.6 Å². The Morgan fingerprint density at radius 3 is 2.88 bits per heavy atom. The number of benzene rings is 2. The molecule has 25 heavy (non-hydrogen) atoms. The minimum atomic E-state index is -0.540. The molecule has 0 aliphatic carbocycles. The van der Waals surface area contributed by atoms with Crippen molar-refractivity contribution in [2.45, 2.75) is 13.5 Å². The van der Waals surface area contributed by atoms with E-state index in [-0.39, 0.29) is 5.82 Å². The van der Waals surface area contributed by atoms with Gasteiger partial charge in [0.2, 0.25) is 0 Å². The SMILES string of the molecule is CCOC(=O)Nc1ccc(NCc2csc3ccc(F)cc23)cc1N. The third-order valence-electron chi connectivity index (χ3n) is 3.66. The number of amides is 1. The normalized spacial score (nSPS) is 10.6. The minimum Gasteiger partial charge on any atom is -0.450 e. The second-order valence-corrected chi connectivity index (χ2v) is 6.31. The Hall–Kier alpha value is -2.80. The van der Waals surface area contributed by atoms with Crippen LogP contribution in [-0.2, 0) is 11.3 Å². The number of halogens is 1. The molecule has 1 amide bonds. The van der Waals surface area contributed by atoms with Gasteiger partial charge in [-0.25, -0.2) is 9.18 Å². The first kappa shape index (κ1) is 17.0. The number of carbonyl (C=O) groups excluding carboxylic acids is 1. The summed E-state index contributed by atoms with van der Waals surface area (Å²) in [6.07, 6.45) is -0.540. The van der Waals surface area contributed by atoms with E-state index < -0.39 is 6.09 Å². The summed E-state index contributed by atoms with van der Waals surface area (Å²) >= 11 is 1.58. The van der Waals surface area contributed by atoms with E-state index in [2.05, 4.69) is 10.6 Å². The second-order valence-electron chi connectivity index (χ2n) is 5.40. The maximum Gasteiger partial charge on any atom is 0.411 e. The molecule has 130 valence electrons. The van der Waals surface area contributed by atoms with E-state index in [0.29, 0.717) is 24.5 Å². The summed E-state index contributed by atoms with van der Waals surface area (Å²) in [5.41, 5.74) is 8.72. The number of rotatable bonds is 5. The Labute approximate surface area is 148 Å². The fraction of sp³-hybridized carbons (Fsp3) is 0.167. The molecule has 0 spiro atoms. The summed E-state index contributed by atoms with van der Waals surface area (Å²) in [7, 11) is 0. The summed E-state index contributed by atoms with van der Waals surface area (Å²) in [5.74, 6) is -0.245. The van der Waals surface area contributed by atoms with E-state index >= 15 is 0 Å². The molecule has 5 nitrogen and oxygen atoms in total. The topological polar surface area (TPSA) is 76.4 Å². The lowest BCUT2D eigenvalue weighted by molar-refractivity contribution is 0.168. The van der Waals surface area contributed by atoms with Crippen LogP contribution in [0.4, 0.5) is 26.2 Å². The van der Waals surface area contributed by atoms with Gasteiger partial charge >= 0.3 is 6.09 Å². The van der Waals surface area contributed by atoms with Gasteiger partial charge in [-0.05, 0) is 54.3 Å². The van der Waals surface area contributed by atoms with Crippen LogP contribution in [0.15, 0.2) is 41.8 Å². The molecule has 7 heteroatoms. The Morgan fingerprint density at radius 1 is 1.28 bits per heavy atom. The Kier molecular flexibility index (Phi) is 5.04. The zero-order valence-electron chi connectivity index (χ0n) is 13.6. The van der Waals surface area contributed by atoms with Gasteiger partial charge in [-0.3, -0.25) is 5.32 Å². The number of thiophene rings is 1. The molecule has 3 aromatic rings. The molecule has 0 bridgehead atoms. The van der Waals surface area contributed by atoms with Crippen LogP contribution in [0.3, 0.4) is 0 Å². The molecule has 0 atom stereocenters. The van der Waals surface area contributed by atoms with Gasteiger partial charge in [0.1, 0.15) is 5.82 Å². The zero-order chi connectivity index (χ0) is 17.8. The maximum atomic E-state index is 13.4. The van der Waals surface area contributed by atoms with E-state index in [0.717, 1.165) is 21.3 Å². The van der Waals surface area contributed by atoms with Crippen LogP contribution >= 0.6 is 11.3 Å². The van der Waals surface area contributed by atoms with Crippen LogP contribution in [0.2, 0.25) is 0 Å². The first-order chi connectivity index (χ1) is 12.1. The van der Waals surface area contributed by atoms with Crippen LogP contribution in [-0.4, -0.2) is 12.7 Å². The first-order valence-corrected chi connectivity index (χ1v) is 8.67. The van der Waals surface area contributed by atoms with Gasteiger partial charge in [0, 0.05) is 22.3 Å². The summed E-state index contributed by atoms with van der Waals surface area (Å²) in [6, 6.07) is 10.0. The van der Waals surface area contributed by atoms with Gasteiger partial charge in [0.05, 0.1) is 18.0 Å². The fourth-order valence-corrected chi connectivity index (χ4v) is 3.39. The Bertz CT molecular complexity index is 910. The van der Waals surface area contributed by atoms with Crippen molar-refractivity contribution in [3.63, 3.8) is 0 Å². The predicted octanol–water partition coefficient (Wildman–Crippen LogP) is 4.80. The lowest BCUT2D eigenvalue weighted by Crippen LogP contribution is -2.14. The predicted molar refractivity (Wildman–Crippen MR) is 101 cm³/mol. The fourth-order valence-electron chi connectivity index (χ4n) is 2.45. The second kappa shape index (κ2) is 7.40. The molecule has 0 aliphatic heterocycles. The monoisotopic (exact) mass is 359 g/mol. The summed E-state index contributed by atoms with van der Waals surface area (Å²) in [5, 5.41) is 8.77. The highest BCUT2D eigenvalue weighted by Gasteiger charge is 2.08. The smallest absolute Gasteiger partial charge is 0.411 e. The number of hydrogen-bond acceptors (Lipinski definition) is 5. The van der Waals surface area contributed by atoms with Gasteiger partial charge in [-0.15, -0.1) is 11.3 Å². The van der Waals surface area contributed by atoms with Crippen LogP contribution in [0, 0.1) is 5.82 Å². The van der Waals surface area contributed by atoms with Crippen molar-refractivity contribution in [3.8, 4) is 0 Å². The molecule has 0 aliphatic rings. The Morgan fingerprint density at radius 2 is 2.12 bits per heavy atom. The molecule has 0 saturated heterocycles. The highest BCUT2D eigenvalue weighted by atomic mass is 32.1. The van der Waals surface area contributed by atoms with E-state index in [1.54, 1.807) is 42.5 Å². The van der Waals surface area contributed by atoms with Gasteiger partial charge < -0.3 is 15.8 Å². The third-order valence-corrected chi connectivity index (χ3v) is 4.67. The molecule has 2 aromatic carbocycles. The van der Waals surface area contributed by atoms with Crippen LogP contribution < -0.4 is 16.4 Å². The van der Waals surface area contributed by atoms with Crippen molar-refractivity contribution in [3.05, 3.63) is 53.2 Å². The molecular weight excluding hydrogens is 341 g/mol. The van der Waals surface area contributed by atoms with Crippen molar-refractivity contribution in [1.82, 2.24) is 0 Å². The molecular formula is C18H18FN3O2S. The summed E-state index contributed by atoms with van der Waals surface area (Å²) < 4.78 is 19.3. The molecule has 1 heterocycles. The first-order valence-electron chi connectivity index (χ1n) is 7.79. The standard InChI is InChI=1S/C18H18FN3O2S/c1-2-24-18(23)22-16-5-4-13(8-15(16)20)21-9-11-10-25-17-6-3-12(19)7-14(11)17/h3-8,10,21H,2,9,20H2,1H3,(H,22,23). The van der Waals surface area contributed by atoms with E-state index in [9.17, 15) is 9.18 Å². The number of nitrogens with one attached hydrogen (secondary N) is 2. The highest BCUT2D eigenvalue weighted by molar-refractivity contribution is 7.17. The number of anilines is 3. The maximum absolute atomic E-state index is 13.4. The van der Waals surface area contributed by atoms with E-state index in [4.69, 9.17) is 10.5 Å². The highest BCUT2D eigenvalue weighted by Crippen LogP contribution is 2.28. The number of carbonyl (C=O) groups is 1. The average molecular weight is 359 g/mol. The van der Waals surface area contributed by atoms with Gasteiger partial charge in [0.25, 0.3) is 0 Å². The average Bonchev–Trinajstić information content (AvgIpc) is 2.97. The zero-order valence-corrected chi connectivity index (χ0v) is 14.5. The lowest BCUT2D eigenvalue weighted by atomic mass is 10.1. The summed E-state index contributed by atoms with van der Waals surface area (Å²) in [4.78, 5) is 11.4. The van der Waals surface area contributed by atoms with Crippen LogP contribution in [0.25, 0.3) is 10.1 Å². The number of hydrogen-bond donors (Lipinski definition) is 3. The third kappa shape index (κ3) is 4.00. The number of ether oxygens (including phenoxy) is 1. The van der Waals surface area contributed by atoms with Gasteiger partial charge in [0.15, 0.2) is 0 Å². The van der Waals surface area contributed by atoms with Crippen LogP contribution in [0.1, 0.15) is 12.5 Å². The van der Waals surface area contributed by atoms with Gasteiger partial charge in [-0.2, -0.15) is 0 Å². The molecule has 1 aromatic heterocycles. The molecule has 3 rings (SSSR count). The number of fused-ring (bicyclic) bond motifs is 1. The number of nitrogens with two attached hydrogens (primary N) is 1. The molecule has 0 radical (unpaired) electrons. The quantitative estimate of drug-likeness (QED) is 0.572. The molecule has 4 N–H and O–H groups in total. The van der Waals surface area contributed by atoms with Crippen molar-refractivity contribution in [2.75, 3.05) is 23.0 Å². The molecule has 0 saturated carbocycles.